The maximum absolute atomic E-state index is 12.9. The van der Waals surface area contributed by atoms with Crippen molar-refractivity contribution in [2.45, 2.75) is 45.6 Å². The van der Waals surface area contributed by atoms with Crippen molar-refractivity contribution in [2.75, 3.05) is 38.3 Å². The maximum atomic E-state index is 12.9. The Morgan fingerprint density at radius 3 is 2.54 bits per heavy atom. The molecule has 2 aliphatic heterocycles. The minimum Gasteiger partial charge on any atom is -0.341 e. The van der Waals surface area contributed by atoms with E-state index in [1.807, 2.05) is 30.7 Å². The summed E-state index contributed by atoms with van der Waals surface area (Å²) in [6.07, 6.45) is 4.20. The van der Waals surface area contributed by atoms with E-state index >= 15 is 0 Å². The molecular formula is C17H32ClN3O2S. The lowest BCUT2D eigenvalue weighted by Gasteiger charge is -2.35. The number of nitrogens with one attached hydrogen (secondary N) is 1. The first-order valence-electron chi connectivity index (χ1n) is 8.90. The Balaban J connectivity index is 0.00000288. The Morgan fingerprint density at radius 2 is 1.96 bits per heavy atom. The van der Waals surface area contributed by atoms with Gasteiger partial charge in [0.05, 0.1) is 5.88 Å². The summed E-state index contributed by atoms with van der Waals surface area (Å²) < 4.78 is 0. The van der Waals surface area contributed by atoms with Crippen LogP contribution in [0, 0.1) is 11.8 Å². The fraction of sp³-hybridized carbons (Fsp3) is 0.882. The van der Waals surface area contributed by atoms with Crippen LogP contribution in [-0.4, -0.2) is 66.0 Å². The second kappa shape index (κ2) is 10.5. The largest absolute Gasteiger partial charge is 0.341 e. The summed E-state index contributed by atoms with van der Waals surface area (Å²) in [6.45, 7) is 6.73. The van der Waals surface area contributed by atoms with Gasteiger partial charge in [-0.15, -0.1) is 24.2 Å². The number of carbonyl (C=O) groups excluding carboxylic acids is 2. The van der Waals surface area contributed by atoms with Crippen molar-refractivity contribution >= 4 is 36.0 Å². The van der Waals surface area contributed by atoms with Crippen LogP contribution < -0.4 is 5.32 Å². The highest BCUT2D eigenvalue weighted by atomic mass is 35.5. The molecule has 7 heteroatoms. The highest BCUT2D eigenvalue weighted by molar-refractivity contribution is 7.99. The molecule has 0 aromatic rings. The van der Waals surface area contributed by atoms with E-state index in [2.05, 4.69) is 5.32 Å². The Bertz CT molecular complexity index is 417. The molecule has 0 saturated carbocycles. The summed E-state index contributed by atoms with van der Waals surface area (Å²) in [5.41, 5.74) is 0. The summed E-state index contributed by atoms with van der Waals surface area (Å²) in [7, 11) is 1.99. The van der Waals surface area contributed by atoms with Crippen molar-refractivity contribution in [1.82, 2.24) is 15.1 Å². The molecule has 0 aromatic heterocycles. The quantitative estimate of drug-likeness (QED) is 0.771. The molecule has 2 heterocycles. The molecule has 2 fully saturated rings. The molecule has 2 rings (SSSR count). The number of likely N-dealkylation sites (tertiary alicyclic amines) is 1. The van der Waals surface area contributed by atoms with Gasteiger partial charge in [-0.25, -0.2) is 0 Å². The molecule has 0 bridgehead atoms. The third-order valence-electron chi connectivity index (χ3n) is 5.21. The van der Waals surface area contributed by atoms with E-state index in [4.69, 9.17) is 0 Å². The highest BCUT2D eigenvalue weighted by Crippen LogP contribution is 2.27. The molecule has 5 nitrogen and oxygen atoms in total. The molecule has 140 valence electrons. The molecule has 0 radical (unpaired) electrons. The first kappa shape index (κ1) is 21.6. The van der Waals surface area contributed by atoms with Gasteiger partial charge < -0.3 is 15.1 Å². The van der Waals surface area contributed by atoms with Crippen LogP contribution in [0.25, 0.3) is 0 Å². The fourth-order valence-electron chi connectivity index (χ4n) is 3.32. The van der Waals surface area contributed by atoms with Gasteiger partial charge in [0.2, 0.25) is 11.8 Å². The van der Waals surface area contributed by atoms with Crippen LogP contribution in [0.2, 0.25) is 0 Å². The number of hydrogen-bond acceptors (Lipinski definition) is 4. The van der Waals surface area contributed by atoms with Gasteiger partial charge in [-0.05, 0) is 45.2 Å². The van der Waals surface area contributed by atoms with Gasteiger partial charge in [-0.1, -0.05) is 13.8 Å². The van der Waals surface area contributed by atoms with Crippen LogP contribution >= 0.6 is 24.2 Å². The third-order valence-corrected chi connectivity index (χ3v) is 6.23. The normalized spacial score (nSPS) is 23.0. The minimum atomic E-state index is -0.240. The van der Waals surface area contributed by atoms with Gasteiger partial charge in [-0.3, -0.25) is 9.59 Å². The minimum absolute atomic E-state index is 0. The van der Waals surface area contributed by atoms with E-state index in [1.54, 1.807) is 11.8 Å². The van der Waals surface area contributed by atoms with E-state index in [9.17, 15) is 9.59 Å². The van der Waals surface area contributed by atoms with Crippen LogP contribution in [0.15, 0.2) is 0 Å². The van der Waals surface area contributed by atoms with Crippen molar-refractivity contribution in [3.63, 3.8) is 0 Å². The van der Waals surface area contributed by atoms with Crippen LogP contribution in [0.3, 0.4) is 0 Å². The molecule has 0 spiro atoms. The number of halogens is 1. The topological polar surface area (TPSA) is 52.7 Å². The molecule has 0 aliphatic carbocycles. The lowest BCUT2D eigenvalue weighted by Crippen LogP contribution is -2.52. The molecule has 2 unspecified atom stereocenters. The van der Waals surface area contributed by atoms with Crippen LogP contribution in [0.5, 0.6) is 0 Å². The maximum Gasteiger partial charge on any atom is 0.246 e. The predicted octanol–water partition coefficient (Wildman–Crippen LogP) is 2.20. The first-order chi connectivity index (χ1) is 11.1. The Hall–Kier alpha value is -0.460. The van der Waals surface area contributed by atoms with E-state index in [0.717, 1.165) is 50.6 Å². The fourth-order valence-corrected chi connectivity index (χ4v) is 4.48. The van der Waals surface area contributed by atoms with Gasteiger partial charge in [0, 0.05) is 24.8 Å². The lowest BCUT2D eigenvalue weighted by atomic mass is 9.93. The SMILES string of the molecule is CCC(C)C(=O)N1CSCC1C(=O)N1CCC(CCNC)CC1.Cl. The summed E-state index contributed by atoms with van der Waals surface area (Å²) in [5, 5.41) is 3.20. The molecule has 2 aliphatic rings. The van der Waals surface area contributed by atoms with Crippen molar-refractivity contribution in [2.24, 2.45) is 11.8 Å². The monoisotopic (exact) mass is 377 g/mol. The summed E-state index contributed by atoms with van der Waals surface area (Å²) >= 11 is 1.70. The Labute approximate surface area is 156 Å². The van der Waals surface area contributed by atoms with Gasteiger partial charge >= 0.3 is 0 Å². The molecule has 0 aromatic carbocycles. The summed E-state index contributed by atoms with van der Waals surface area (Å²) in [5.74, 6) is 2.45. The van der Waals surface area contributed by atoms with E-state index < -0.39 is 0 Å². The third kappa shape index (κ3) is 5.27. The predicted molar refractivity (Wildman–Crippen MR) is 103 cm³/mol. The zero-order valence-electron chi connectivity index (χ0n) is 15.1. The zero-order valence-corrected chi connectivity index (χ0v) is 16.8. The van der Waals surface area contributed by atoms with Crippen molar-refractivity contribution in [1.29, 1.82) is 0 Å². The average molecular weight is 378 g/mol. The summed E-state index contributed by atoms with van der Waals surface area (Å²) in [6, 6.07) is -0.240. The molecule has 24 heavy (non-hydrogen) atoms. The molecule has 2 atom stereocenters. The number of nitrogens with zero attached hydrogens (tertiary/aromatic N) is 2. The van der Waals surface area contributed by atoms with Crippen molar-refractivity contribution in [3.05, 3.63) is 0 Å². The molecule has 2 saturated heterocycles. The Kier molecular flexibility index (Phi) is 9.45. The first-order valence-corrected chi connectivity index (χ1v) is 10.1. The smallest absolute Gasteiger partial charge is 0.246 e. The second-order valence-corrected chi connectivity index (χ2v) is 7.79. The Morgan fingerprint density at radius 1 is 1.29 bits per heavy atom. The van der Waals surface area contributed by atoms with Crippen LogP contribution in [-0.2, 0) is 9.59 Å². The van der Waals surface area contributed by atoms with Crippen molar-refractivity contribution in [3.8, 4) is 0 Å². The van der Waals surface area contributed by atoms with Crippen LogP contribution in [0.4, 0.5) is 0 Å². The lowest BCUT2D eigenvalue weighted by molar-refractivity contribution is -0.146. The summed E-state index contributed by atoms with van der Waals surface area (Å²) in [4.78, 5) is 29.1. The number of amides is 2. The van der Waals surface area contributed by atoms with Gasteiger partial charge in [-0.2, -0.15) is 0 Å². The van der Waals surface area contributed by atoms with Gasteiger partial charge in [0.15, 0.2) is 0 Å². The molecular weight excluding hydrogens is 346 g/mol. The number of piperidine rings is 1. The van der Waals surface area contributed by atoms with E-state index in [0.29, 0.717) is 5.88 Å². The van der Waals surface area contributed by atoms with Crippen molar-refractivity contribution < 1.29 is 9.59 Å². The molecule has 1 N–H and O–H groups in total. The number of thioether (sulfide) groups is 1. The standard InChI is InChI=1S/C17H31N3O2S.ClH/c1-4-13(2)16(21)20-12-23-11-15(20)17(22)19-9-6-14(7-10-19)5-8-18-3;/h13-15,18H,4-12H2,1-3H3;1H. The van der Waals surface area contributed by atoms with E-state index in [-0.39, 0.29) is 36.2 Å². The van der Waals surface area contributed by atoms with E-state index in [1.165, 1.54) is 6.42 Å². The number of hydrogen-bond donors (Lipinski definition) is 1. The second-order valence-electron chi connectivity index (χ2n) is 6.79. The number of rotatable bonds is 6. The highest BCUT2D eigenvalue weighted by Gasteiger charge is 2.38. The van der Waals surface area contributed by atoms with Gasteiger partial charge in [0.25, 0.3) is 0 Å². The van der Waals surface area contributed by atoms with Gasteiger partial charge in [0.1, 0.15) is 6.04 Å². The zero-order chi connectivity index (χ0) is 16.8. The molecule has 2 amide bonds. The average Bonchev–Trinajstić information content (AvgIpc) is 3.08. The number of carbonyl (C=O) groups is 2. The van der Waals surface area contributed by atoms with Crippen LogP contribution in [0.1, 0.15) is 39.5 Å².